The summed E-state index contributed by atoms with van der Waals surface area (Å²) in [5.41, 5.74) is 0. The lowest BCUT2D eigenvalue weighted by atomic mass is 9.84. The Balaban J connectivity index is 1.72. The normalized spacial score (nSPS) is 25.2. The molecule has 0 heterocycles. The minimum atomic E-state index is 0.207. The van der Waals surface area contributed by atoms with Gasteiger partial charge in [0, 0.05) is 5.92 Å². The molecular formula is C11H18NO. The van der Waals surface area contributed by atoms with E-state index in [0.717, 1.165) is 25.7 Å². The number of nitrogens with zero attached hydrogens (tertiary/aromatic N) is 1. The second-order valence-electron chi connectivity index (χ2n) is 4.39. The standard InChI is InChI=1S/C11H18NO/c13-11(9-5-4-6-9)12-10-7-2-1-3-8-10/h9-10H,1-8H2. The van der Waals surface area contributed by atoms with Crippen LogP contribution in [0.15, 0.2) is 0 Å². The van der Waals surface area contributed by atoms with E-state index in [1.165, 1.54) is 25.7 Å². The molecule has 1 radical (unpaired) electrons. The summed E-state index contributed by atoms with van der Waals surface area (Å²) >= 11 is 0. The van der Waals surface area contributed by atoms with Gasteiger partial charge >= 0.3 is 0 Å². The predicted octanol–water partition coefficient (Wildman–Crippen LogP) is 2.25. The molecule has 1 amide bonds. The van der Waals surface area contributed by atoms with Crippen molar-refractivity contribution in [3.8, 4) is 0 Å². The molecule has 0 aromatic rings. The fraction of sp³-hybridized carbons (Fsp3) is 0.909. The average Bonchev–Trinajstić information content (AvgIpc) is 2.02. The minimum Gasteiger partial charge on any atom is -0.273 e. The Labute approximate surface area is 80.1 Å². The number of hydrogen-bond acceptors (Lipinski definition) is 1. The summed E-state index contributed by atoms with van der Waals surface area (Å²) in [5, 5.41) is 4.32. The van der Waals surface area contributed by atoms with E-state index in [-0.39, 0.29) is 5.91 Å². The third kappa shape index (κ3) is 2.23. The highest BCUT2D eigenvalue weighted by Gasteiger charge is 2.28. The van der Waals surface area contributed by atoms with Gasteiger partial charge in [-0.1, -0.05) is 25.7 Å². The number of hydrogen-bond donors (Lipinski definition) is 0. The second kappa shape index (κ2) is 4.12. The largest absolute Gasteiger partial charge is 0.273 e. The highest BCUT2D eigenvalue weighted by Crippen LogP contribution is 2.27. The lowest BCUT2D eigenvalue weighted by molar-refractivity contribution is -0.128. The lowest BCUT2D eigenvalue weighted by Gasteiger charge is -2.27. The molecule has 0 aromatic heterocycles. The Bertz CT molecular complexity index is 181. The molecule has 0 aromatic carbocycles. The maximum absolute atomic E-state index is 11.5. The minimum absolute atomic E-state index is 0.207. The van der Waals surface area contributed by atoms with E-state index in [2.05, 4.69) is 5.32 Å². The van der Waals surface area contributed by atoms with E-state index >= 15 is 0 Å². The van der Waals surface area contributed by atoms with Crippen molar-refractivity contribution in [1.82, 2.24) is 5.32 Å². The number of rotatable bonds is 2. The van der Waals surface area contributed by atoms with Crippen molar-refractivity contribution in [2.45, 2.75) is 57.4 Å². The molecule has 2 aliphatic rings. The molecule has 0 aliphatic heterocycles. The summed E-state index contributed by atoms with van der Waals surface area (Å²) in [6, 6.07) is 0.377. The third-order valence-electron chi connectivity index (χ3n) is 3.34. The van der Waals surface area contributed by atoms with Gasteiger partial charge in [-0.05, 0) is 25.7 Å². The van der Waals surface area contributed by atoms with Crippen LogP contribution in [0.3, 0.4) is 0 Å². The van der Waals surface area contributed by atoms with Crippen LogP contribution >= 0.6 is 0 Å². The van der Waals surface area contributed by atoms with Gasteiger partial charge in [-0.25, -0.2) is 5.32 Å². The van der Waals surface area contributed by atoms with Crippen LogP contribution in [0.1, 0.15) is 51.4 Å². The van der Waals surface area contributed by atoms with Crippen LogP contribution in [0, 0.1) is 5.92 Å². The van der Waals surface area contributed by atoms with Gasteiger partial charge in [0.1, 0.15) is 0 Å². The summed E-state index contributed by atoms with van der Waals surface area (Å²) in [6.07, 6.45) is 9.60. The molecule has 0 spiro atoms. The van der Waals surface area contributed by atoms with E-state index in [1.54, 1.807) is 0 Å². The maximum Gasteiger partial charge on any atom is 0.244 e. The van der Waals surface area contributed by atoms with Gasteiger partial charge in [0.2, 0.25) is 5.91 Å². The topological polar surface area (TPSA) is 31.2 Å². The van der Waals surface area contributed by atoms with E-state index in [4.69, 9.17) is 0 Å². The van der Waals surface area contributed by atoms with Crippen molar-refractivity contribution < 1.29 is 4.79 Å². The highest BCUT2D eigenvalue weighted by atomic mass is 16.2. The van der Waals surface area contributed by atoms with E-state index in [0.29, 0.717) is 12.0 Å². The van der Waals surface area contributed by atoms with Crippen LogP contribution in [0.2, 0.25) is 0 Å². The van der Waals surface area contributed by atoms with Gasteiger partial charge < -0.3 is 0 Å². The van der Waals surface area contributed by atoms with Crippen molar-refractivity contribution in [3.63, 3.8) is 0 Å². The molecule has 0 atom stereocenters. The van der Waals surface area contributed by atoms with Crippen LogP contribution in [0.4, 0.5) is 0 Å². The molecule has 73 valence electrons. The van der Waals surface area contributed by atoms with Crippen LogP contribution < -0.4 is 5.32 Å². The van der Waals surface area contributed by atoms with Gasteiger partial charge in [0.25, 0.3) is 0 Å². The lowest BCUT2D eigenvalue weighted by Crippen LogP contribution is -2.36. The molecule has 2 saturated carbocycles. The third-order valence-corrected chi connectivity index (χ3v) is 3.34. The quantitative estimate of drug-likeness (QED) is 0.641. The SMILES string of the molecule is O=C([N]C1CCCCC1)C1CCC1. The zero-order valence-electron chi connectivity index (χ0n) is 8.17. The summed E-state index contributed by atoms with van der Waals surface area (Å²) in [5.74, 6) is 0.514. The molecule has 0 saturated heterocycles. The van der Waals surface area contributed by atoms with E-state index in [1.807, 2.05) is 0 Å². The molecule has 2 aliphatic carbocycles. The zero-order chi connectivity index (χ0) is 9.10. The molecule has 0 bridgehead atoms. The van der Waals surface area contributed by atoms with Crippen LogP contribution in [-0.4, -0.2) is 11.9 Å². The Morgan fingerprint density at radius 1 is 0.923 bits per heavy atom. The van der Waals surface area contributed by atoms with Crippen molar-refractivity contribution in [2.24, 2.45) is 5.92 Å². The number of amides is 1. The zero-order valence-corrected chi connectivity index (χ0v) is 8.17. The first-order valence-electron chi connectivity index (χ1n) is 5.61. The van der Waals surface area contributed by atoms with Gasteiger partial charge in [-0.15, -0.1) is 0 Å². The van der Waals surface area contributed by atoms with Gasteiger partial charge in [0.05, 0.1) is 6.04 Å². The van der Waals surface area contributed by atoms with Crippen molar-refractivity contribution in [1.29, 1.82) is 0 Å². The van der Waals surface area contributed by atoms with Crippen molar-refractivity contribution in [3.05, 3.63) is 0 Å². The average molecular weight is 180 g/mol. The van der Waals surface area contributed by atoms with E-state index < -0.39 is 0 Å². The predicted molar refractivity (Wildman–Crippen MR) is 51.4 cm³/mol. The molecular weight excluding hydrogens is 162 g/mol. The number of carbonyl (C=O) groups excluding carboxylic acids is 1. The Hall–Kier alpha value is -0.530. The molecule has 2 nitrogen and oxygen atoms in total. The summed E-state index contributed by atoms with van der Waals surface area (Å²) in [6.45, 7) is 0. The van der Waals surface area contributed by atoms with Crippen molar-refractivity contribution in [2.75, 3.05) is 0 Å². The Kier molecular flexibility index (Phi) is 2.87. The van der Waals surface area contributed by atoms with Crippen LogP contribution in [0.5, 0.6) is 0 Å². The van der Waals surface area contributed by atoms with Gasteiger partial charge in [0.15, 0.2) is 0 Å². The first-order chi connectivity index (χ1) is 6.36. The number of carbonyl (C=O) groups is 1. The first-order valence-corrected chi connectivity index (χ1v) is 5.61. The van der Waals surface area contributed by atoms with Crippen LogP contribution in [0.25, 0.3) is 0 Å². The highest BCUT2D eigenvalue weighted by molar-refractivity contribution is 5.79. The van der Waals surface area contributed by atoms with E-state index in [9.17, 15) is 4.79 Å². The smallest absolute Gasteiger partial charge is 0.244 e. The van der Waals surface area contributed by atoms with Gasteiger partial charge in [-0.3, -0.25) is 4.79 Å². The Morgan fingerprint density at radius 3 is 2.15 bits per heavy atom. The van der Waals surface area contributed by atoms with Gasteiger partial charge in [-0.2, -0.15) is 0 Å². The summed E-state index contributed by atoms with van der Waals surface area (Å²) in [4.78, 5) is 11.5. The maximum atomic E-state index is 11.5. The monoisotopic (exact) mass is 180 g/mol. The second-order valence-corrected chi connectivity index (χ2v) is 4.39. The fourth-order valence-electron chi connectivity index (χ4n) is 2.15. The van der Waals surface area contributed by atoms with Crippen molar-refractivity contribution >= 4 is 5.91 Å². The first kappa shape index (κ1) is 9.04. The molecule has 13 heavy (non-hydrogen) atoms. The fourth-order valence-corrected chi connectivity index (χ4v) is 2.15. The van der Waals surface area contributed by atoms with Crippen LogP contribution in [-0.2, 0) is 4.79 Å². The summed E-state index contributed by atoms with van der Waals surface area (Å²) < 4.78 is 0. The molecule has 0 N–H and O–H groups in total. The molecule has 2 rings (SSSR count). The molecule has 2 heteroatoms. The Morgan fingerprint density at radius 2 is 1.62 bits per heavy atom. The molecule has 2 fully saturated rings. The summed E-state index contributed by atoms with van der Waals surface area (Å²) in [7, 11) is 0. The molecule has 0 unspecified atom stereocenters.